The molecule has 1 fully saturated rings. The molecule has 1 heterocycles. The van der Waals surface area contributed by atoms with E-state index < -0.39 is 0 Å². The first-order chi connectivity index (χ1) is 8.15. The minimum atomic E-state index is 0.554. The molecule has 0 bridgehead atoms. The molecular weight excluding hydrogens is 210 g/mol. The number of aryl methyl sites for hydroxylation is 1. The zero-order valence-electron chi connectivity index (χ0n) is 11.1. The Bertz CT molecular complexity index is 360. The zero-order chi connectivity index (χ0) is 12.3. The summed E-state index contributed by atoms with van der Waals surface area (Å²) in [5.74, 6) is 0. The molecule has 17 heavy (non-hydrogen) atoms. The van der Waals surface area contributed by atoms with E-state index in [4.69, 9.17) is 0 Å². The van der Waals surface area contributed by atoms with Gasteiger partial charge in [-0.15, -0.1) is 0 Å². The first-order valence-corrected chi connectivity index (χ1v) is 6.51. The molecule has 1 N–H and O–H groups in total. The Hall–Kier alpha value is -0.930. The van der Waals surface area contributed by atoms with Gasteiger partial charge in [0.15, 0.2) is 0 Å². The van der Waals surface area contributed by atoms with Crippen LogP contribution in [0.15, 0.2) is 18.2 Å². The van der Waals surface area contributed by atoms with E-state index in [1.54, 1.807) is 0 Å². The maximum Gasteiger partial charge on any atom is 0.0547 e. The van der Waals surface area contributed by atoms with Crippen LogP contribution in [0.25, 0.3) is 0 Å². The molecule has 0 spiro atoms. The van der Waals surface area contributed by atoms with Crippen LogP contribution in [0.5, 0.6) is 0 Å². The van der Waals surface area contributed by atoms with Gasteiger partial charge in [0.1, 0.15) is 0 Å². The van der Waals surface area contributed by atoms with Crippen molar-refractivity contribution in [1.82, 2.24) is 15.2 Å². The molecule has 1 atom stereocenters. The standard InChI is InChI=1S/C14H23N3/c1-11-5-4-6-14(16-11)10-17(3)12(2)9-15-13-7-8-13/h4-6,12-13,15H,7-10H2,1-3H3. The highest BCUT2D eigenvalue weighted by atomic mass is 15.2. The topological polar surface area (TPSA) is 28.2 Å². The fourth-order valence-electron chi connectivity index (χ4n) is 1.88. The van der Waals surface area contributed by atoms with Gasteiger partial charge in [-0.25, -0.2) is 0 Å². The Balaban J connectivity index is 1.80. The van der Waals surface area contributed by atoms with E-state index in [-0.39, 0.29) is 0 Å². The van der Waals surface area contributed by atoms with Crippen LogP contribution in [0.3, 0.4) is 0 Å². The maximum atomic E-state index is 4.54. The van der Waals surface area contributed by atoms with Crippen LogP contribution in [0.4, 0.5) is 0 Å². The van der Waals surface area contributed by atoms with Crippen LogP contribution in [0.1, 0.15) is 31.2 Å². The first-order valence-electron chi connectivity index (χ1n) is 6.51. The summed E-state index contributed by atoms with van der Waals surface area (Å²) in [7, 11) is 2.17. The highest BCUT2D eigenvalue weighted by Gasteiger charge is 2.21. The second kappa shape index (κ2) is 5.61. The number of nitrogens with one attached hydrogen (secondary N) is 1. The molecule has 0 saturated heterocycles. The van der Waals surface area contributed by atoms with Crippen molar-refractivity contribution in [2.24, 2.45) is 0 Å². The van der Waals surface area contributed by atoms with Gasteiger partial charge < -0.3 is 5.32 Å². The Morgan fingerprint density at radius 2 is 2.24 bits per heavy atom. The summed E-state index contributed by atoms with van der Waals surface area (Å²) in [6.07, 6.45) is 2.71. The number of pyridine rings is 1. The lowest BCUT2D eigenvalue weighted by Crippen LogP contribution is -2.38. The fraction of sp³-hybridized carbons (Fsp3) is 0.643. The number of aromatic nitrogens is 1. The molecule has 94 valence electrons. The van der Waals surface area contributed by atoms with Gasteiger partial charge in [0.25, 0.3) is 0 Å². The van der Waals surface area contributed by atoms with E-state index in [9.17, 15) is 0 Å². The zero-order valence-corrected chi connectivity index (χ0v) is 11.1. The van der Waals surface area contributed by atoms with Crippen LogP contribution in [-0.4, -0.2) is 35.6 Å². The second-order valence-corrected chi connectivity index (χ2v) is 5.22. The summed E-state index contributed by atoms with van der Waals surface area (Å²) in [6, 6.07) is 7.57. The Morgan fingerprint density at radius 1 is 1.47 bits per heavy atom. The quantitative estimate of drug-likeness (QED) is 0.814. The fourth-order valence-corrected chi connectivity index (χ4v) is 1.88. The second-order valence-electron chi connectivity index (χ2n) is 5.22. The van der Waals surface area contributed by atoms with Gasteiger partial charge in [-0.1, -0.05) is 6.07 Å². The largest absolute Gasteiger partial charge is 0.312 e. The van der Waals surface area contributed by atoms with Crippen molar-refractivity contribution < 1.29 is 0 Å². The minimum absolute atomic E-state index is 0.554. The summed E-state index contributed by atoms with van der Waals surface area (Å²) < 4.78 is 0. The van der Waals surface area contributed by atoms with Crippen LogP contribution in [-0.2, 0) is 6.54 Å². The molecule has 0 amide bonds. The molecule has 1 aliphatic carbocycles. The van der Waals surface area contributed by atoms with Crippen LogP contribution < -0.4 is 5.32 Å². The van der Waals surface area contributed by atoms with Gasteiger partial charge in [0, 0.05) is 30.9 Å². The lowest BCUT2D eigenvalue weighted by atomic mass is 10.2. The molecule has 1 aliphatic rings. The Morgan fingerprint density at radius 3 is 2.88 bits per heavy atom. The number of rotatable bonds is 6. The van der Waals surface area contributed by atoms with Crippen molar-refractivity contribution in [3.8, 4) is 0 Å². The molecule has 0 radical (unpaired) electrons. The molecule has 3 nitrogen and oxygen atoms in total. The molecule has 1 aromatic rings. The Kier molecular flexibility index (Phi) is 4.13. The molecule has 1 unspecified atom stereocenters. The number of likely N-dealkylation sites (N-methyl/N-ethyl adjacent to an activating group) is 1. The van der Waals surface area contributed by atoms with Crippen molar-refractivity contribution in [1.29, 1.82) is 0 Å². The van der Waals surface area contributed by atoms with E-state index in [2.05, 4.69) is 41.3 Å². The molecule has 0 aromatic carbocycles. The minimum Gasteiger partial charge on any atom is -0.312 e. The molecule has 2 rings (SSSR count). The molecule has 1 saturated carbocycles. The van der Waals surface area contributed by atoms with Crippen molar-refractivity contribution in [2.45, 2.75) is 45.3 Å². The van der Waals surface area contributed by atoms with E-state index in [1.807, 2.05) is 13.0 Å². The van der Waals surface area contributed by atoms with Crippen molar-refractivity contribution in [3.63, 3.8) is 0 Å². The smallest absolute Gasteiger partial charge is 0.0547 e. The highest BCUT2D eigenvalue weighted by molar-refractivity contribution is 5.09. The van der Waals surface area contributed by atoms with Gasteiger partial charge in [-0.05, 0) is 45.9 Å². The third-order valence-corrected chi connectivity index (χ3v) is 3.39. The summed E-state index contributed by atoms with van der Waals surface area (Å²) >= 11 is 0. The normalized spacial score (nSPS) is 17.4. The molecule has 1 aromatic heterocycles. The van der Waals surface area contributed by atoms with Crippen molar-refractivity contribution in [2.75, 3.05) is 13.6 Å². The predicted molar refractivity (Wildman–Crippen MR) is 70.9 cm³/mol. The average molecular weight is 233 g/mol. The van der Waals surface area contributed by atoms with Gasteiger partial charge in [-0.3, -0.25) is 9.88 Å². The summed E-state index contributed by atoms with van der Waals surface area (Å²) in [5.41, 5.74) is 2.26. The Labute approximate surface area is 104 Å². The van der Waals surface area contributed by atoms with Crippen LogP contribution in [0.2, 0.25) is 0 Å². The number of nitrogens with zero attached hydrogens (tertiary/aromatic N) is 2. The maximum absolute atomic E-state index is 4.54. The third-order valence-electron chi connectivity index (χ3n) is 3.39. The van der Waals surface area contributed by atoms with E-state index >= 15 is 0 Å². The number of hydrogen-bond acceptors (Lipinski definition) is 3. The molecule has 0 aliphatic heterocycles. The van der Waals surface area contributed by atoms with E-state index in [0.717, 1.165) is 30.5 Å². The predicted octanol–water partition coefficient (Wildman–Crippen LogP) is 1.96. The molecule has 3 heteroatoms. The van der Waals surface area contributed by atoms with E-state index in [1.165, 1.54) is 12.8 Å². The number of hydrogen-bond donors (Lipinski definition) is 1. The average Bonchev–Trinajstić information content (AvgIpc) is 3.09. The van der Waals surface area contributed by atoms with E-state index in [0.29, 0.717) is 6.04 Å². The summed E-state index contributed by atoms with van der Waals surface area (Å²) in [5, 5.41) is 3.57. The van der Waals surface area contributed by atoms with Crippen molar-refractivity contribution in [3.05, 3.63) is 29.6 Å². The summed E-state index contributed by atoms with van der Waals surface area (Å²) in [4.78, 5) is 6.90. The molecular formula is C14H23N3. The van der Waals surface area contributed by atoms with Crippen LogP contribution >= 0.6 is 0 Å². The SMILES string of the molecule is Cc1cccc(CN(C)C(C)CNC2CC2)n1. The first kappa shape index (κ1) is 12.5. The highest BCUT2D eigenvalue weighted by Crippen LogP contribution is 2.18. The van der Waals surface area contributed by atoms with Crippen LogP contribution in [0, 0.1) is 6.92 Å². The lowest BCUT2D eigenvalue weighted by Gasteiger charge is -2.24. The lowest BCUT2D eigenvalue weighted by molar-refractivity contribution is 0.239. The van der Waals surface area contributed by atoms with Crippen molar-refractivity contribution >= 4 is 0 Å². The van der Waals surface area contributed by atoms with Gasteiger partial charge in [-0.2, -0.15) is 0 Å². The monoisotopic (exact) mass is 233 g/mol. The van der Waals surface area contributed by atoms with Gasteiger partial charge >= 0.3 is 0 Å². The summed E-state index contributed by atoms with van der Waals surface area (Å²) in [6.45, 7) is 6.31. The van der Waals surface area contributed by atoms with Gasteiger partial charge in [0.2, 0.25) is 0 Å². The van der Waals surface area contributed by atoms with Gasteiger partial charge in [0.05, 0.1) is 5.69 Å². The third kappa shape index (κ3) is 4.10.